The summed E-state index contributed by atoms with van der Waals surface area (Å²) in [5, 5.41) is 10.8. The van der Waals surface area contributed by atoms with Crippen LogP contribution in [0.15, 0.2) is 71.1 Å². The van der Waals surface area contributed by atoms with E-state index in [0.29, 0.717) is 33.3 Å². The average molecular weight is 465 g/mol. The molecule has 1 aromatic heterocycles. The van der Waals surface area contributed by atoms with Crippen LogP contribution in [0.4, 0.5) is 11.4 Å². The molecule has 1 heterocycles. The number of amides is 3. The zero-order valence-corrected chi connectivity index (χ0v) is 18.6. The van der Waals surface area contributed by atoms with Crippen LogP contribution in [0, 0.1) is 0 Å². The molecule has 0 aliphatic heterocycles. The van der Waals surface area contributed by atoms with Gasteiger partial charge in [-0.15, -0.1) is 11.3 Å². The van der Waals surface area contributed by atoms with E-state index in [4.69, 9.17) is 4.74 Å². The molecule has 0 bridgehead atoms. The van der Waals surface area contributed by atoms with Crippen molar-refractivity contribution in [2.75, 3.05) is 10.6 Å². The molecule has 168 valence electrons. The Balaban J connectivity index is 1.53. The van der Waals surface area contributed by atoms with Crippen molar-refractivity contribution in [1.82, 2.24) is 5.43 Å². The number of anilines is 2. The van der Waals surface area contributed by atoms with Crippen LogP contribution >= 0.6 is 11.3 Å². The molecule has 0 aliphatic rings. The van der Waals surface area contributed by atoms with E-state index in [0.717, 1.165) is 0 Å². The van der Waals surface area contributed by atoms with Crippen molar-refractivity contribution in [3.63, 3.8) is 0 Å². The summed E-state index contributed by atoms with van der Waals surface area (Å²) in [5.41, 5.74) is 4.27. The quantitative estimate of drug-likeness (QED) is 0.169. The third kappa shape index (κ3) is 6.84. The van der Waals surface area contributed by atoms with Crippen LogP contribution in [0.25, 0.3) is 0 Å². The van der Waals surface area contributed by atoms with Crippen LogP contribution in [0.2, 0.25) is 0 Å². The highest BCUT2D eigenvalue weighted by Gasteiger charge is 2.14. The fraction of sp³-hybridized carbons (Fsp3) is 0.0870. The first-order valence-corrected chi connectivity index (χ1v) is 10.6. The smallest absolute Gasteiger partial charge is 0.353 e. The van der Waals surface area contributed by atoms with Gasteiger partial charge in [-0.1, -0.05) is 6.07 Å². The summed E-state index contributed by atoms with van der Waals surface area (Å²) >= 11 is 1.29. The van der Waals surface area contributed by atoms with Crippen molar-refractivity contribution in [3.8, 4) is 5.75 Å². The SMILES string of the molecule is CC(=O)Nc1ccc(NC(=O)C(=O)N/N=C(\C)c2ccc(OC(=O)c3cccs3)cc2)cc1. The van der Waals surface area contributed by atoms with Gasteiger partial charge in [0.1, 0.15) is 10.6 Å². The van der Waals surface area contributed by atoms with E-state index >= 15 is 0 Å². The molecule has 0 saturated carbocycles. The van der Waals surface area contributed by atoms with E-state index in [-0.39, 0.29) is 5.91 Å². The number of hydrogen-bond acceptors (Lipinski definition) is 7. The fourth-order valence-electron chi connectivity index (χ4n) is 2.59. The topological polar surface area (TPSA) is 126 Å². The van der Waals surface area contributed by atoms with E-state index in [1.165, 1.54) is 18.3 Å². The first-order chi connectivity index (χ1) is 15.8. The molecule has 3 amide bonds. The number of carbonyl (C=O) groups is 4. The minimum Gasteiger partial charge on any atom is -0.422 e. The summed E-state index contributed by atoms with van der Waals surface area (Å²) in [6.07, 6.45) is 0. The van der Waals surface area contributed by atoms with Crippen LogP contribution < -0.4 is 20.8 Å². The molecule has 0 radical (unpaired) electrons. The standard InChI is InChI=1S/C23H20N4O5S/c1-14(16-5-11-19(12-6-16)32-23(31)20-4-3-13-33-20)26-27-22(30)21(29)25-18-9-7-17(8-10-18)24-15(2)28/h3-13H,1-2H3,(H,24,28)(H,25,29)(H,27,30)/b26-14+. The minimum absolute atomic E-state index is 0.214. The molecule has 9 nitrogen and oxygen atoms in total. The van der Waals surface area contributed by atoms with Crippen molar-refractivity contribution in [3.05, 3.63) is 76.5 Å². The van der Waals surface area contributed by atoms with E-state index < -0.39 is 17.8 Å². The van der Waals surface area contributed by atoms with Crippen LogP contribution in [-0.4, -0.2) is 29.4 Å². The summed E-state index contributed by atoms with van der Waals surface area (Å²) in [6, 6.07) is 16.3. The molecule has 10 heteroatoms. The molecule has 0 fully saturated rings. The van der Waals surface area contributed by atoms with E-state index in [1.807, 2.05) is 0 Å². The lowest BCUT2D eigenvalue weighted by Gasteiger charge is -2.07. The van der Waals surface area contributed by atoms with Gasteiger partial charge in [-0.2, -0.15) is 5.10 Å². The van der Waals surface area contributed by atoms with Crippen LogP contribution in [0.5, 0.6) is 5.75 Å². The van der Waals surface area contributed by atoms with Gasteiger partial charge >= 0.3 is 17.8 Å². The van der Waals surface area contributed by atoms with E-state index in [2.05, 4.69) is 21.2 Å². The lowest BCUT2D eigenvalue weighted by atomic mass is 10.1. The Morgan fingerprint density at radius 2 is 1.45 bits per heavy atom. The van der Waals surface area contributed by atoms with Gasteiger partial charge in [0.05, 0.1) is 5.71 Å². The van der Waals surface area contributed by atoms with Crippen molar-refractivity contribution in [2.24, 2.45) is 5.10 Å². The molecular weight excluding hydrogens is 444 g/mol. The molecule has 3 rings (SSSR count). The number of hydrogen-bond donors (Lipinski definition) is 3. The van der Waals surface area contributed by atoms with Gasteiger partial charge in [0.15, 0.2) is 0 Å². The zero-order valence-electron chi connectivity index (χ0n) is 17.7. The zero-order chi connectivity index (χ0) is 23.8. The Hall–Kier alpha value is -4.31. The normalized spacial score (nSPS) is 10.8. The summed E-state index contributed by atoms with van der Waals surface area (Å²) in [7, 11) is 0. The van der Waals surface area contributed by atoms with Gasteiger partial charge in [-0.05, 0) is 72.5 Å². The Morgan fingerprint density at radius 3 is 2.03 bits per heavy atom. The second kappa shape index (κ2) is 10.8. The maximum atomic E-state index is 12.1. The lowest BCUT2D eigenvalue weighted by molar-refractivity contribution is -0.136. The molecule has 0 aliphatic carbocycles. The fourth-order valence-corrected chi connectivity index (χ4v) is 3.19. The molecule has 0 spiro atoms. The first-order valence-electron chi connectivity index (χ1n) is 9.71. The highest BCUT2D eigenvalue weighted by molar-refractivity contribution is 7.12. The molecule has 3 N–H and O–H groups in total. The molecule has 0 saturated heterocycles. The van der Waals surface area contributed by atoms with Gasteiger partial charge in [0.2, 0.25) is 5.91 Å². The number of esters is 1. The highest BCUT2D eigenvalue weighted by atomic mass is 32.1. The number of nitrogens with zero attached hydrogens (tertiary/aromatic N) is 1. The first kappa shape index (κ1) is 23.4. The molecule has 0 unspecified atom stereocenters. The summed E-state index contributed by atoms with van der Waals surface area (Å²) < 4.78 is 5.29. The average Bonchev–Trinajstić information content (AvgIpc) is 3.34. The van der Waals surface area contributed by atoms with Crippen LogP contribution in [-0.2, 0) is 14.4 Å². The molecule has 3 aromatic rings. The number of rotatable bonds is 6. The predicted molar refractivity (Wildman–Crippen MR) is 125 cm³/mol. The number of hydrazone groups is 1. The van der Waals surface area contributed by atoms with Gasteiger partial charge in [0.25, 0.3) is 0 Å². The molecular formula is C23H20N4O5S. The van der Waals surface area contributed by atoms with Crippen molar-refractivity contribution in [1.29, 1.82) is 0 Å². The third-order valence-corrected chi connectivity index (χ3v) is 5.05. The van der Waals surface area contributed by atoms with Crippen molar-refractivity contribution >= 4 is 52.1 Å². The van der Waals surface area contributed by atoms with Gasteiger partial charge in [0, 0.05) is 18.3 Å². The molecule has 0 atom stereocenters. The Kier molecular flexibility index (Phi) is 7.66. The summed E-state index contributed by atoms with van der Waals surface area (Å²) in [4.78, 5) is 47.6. The molecule has 2 aromatic carbocycles. The van der Waals surface area contributed by atoms with E-state index in [9.17, 15) is 19.2 Å². The maximum absolute atomic E-state index is 12.1. The Bertz CT molecular complexity index is 1190. The van der Waals surface area contributed by atoms with Gasteiger partial charge in [-0.3, -0.25) is 14.4 Å². The summed E-state index contributed by atoms with van der Waals surface area (Å²) in [6.45, 7) is 3.05. The second-order valence-corrected chi connectivity index (χ2v) is 7.69. The number of thiophene rings is 1. The highest BCUT2D eigenvalue weighted by Crippen LogP contribution is 2.17. The molecule has 33 heavy (non-hydrogen) atoms. The Morgan fingerprint density at radius 1 is 0.818 bits per heavy atom. The van der Waals surface area contributed by atoms with Crippen molar-refractivity contribution < 1.29 is 23.9 Å². The van der Waals surface area contributed by atoms with Crippen molar-refractivity contribution in [2.45, 2.75) is 13.8 Å². The number of carbonyl (C=O) groups excluding carboxylic acids is 4. The minimum atomic E-state index is -0.943. The third-order valence-electron chi connectivity index (χ3n) is 4.20. The monoisotopic (exact) mass is 464 g/mol. The predicted octanol–water partition coefficient (Wildman–Crippen LogP) is 3.40. The Labute approximate surface area is 193 Å². The largest absolute Gasteiger partial charge is 0.422 e. The van der Waals surface area contributed by atoms with Gasteiger partial charge < -0.3 is 15.4 Å². The summed E-state index contributed by atoms with van der Waals surface area (Å²) in [5.74, 6) is -2.12. The lowest BCUT2D eigenvalue weighted by Crippen LogP contribution is -2.32. The van der Waals surface area contributed by atoms with Crippen LogP contribution in [0.1, 0.15) is 29.1 Å². The van der Waals surface area contributed by atoms with Gasteiger partial charge in [-0.25, -0.2) is 10.2 Å². The second-order valence-electron chi connectivity index (χ2n) is 6.74. The van der Waals surface area contributed by atoms with Crippen LogP contribution in [0.3, 0.4) is 0 Å². The number of nitrogens with one attached hydrogen (secondary N) is 3. The number of ether oxygens (including phenoxy) is 1. The number of benzene rings is 2. The van der Waals surface area contributed by atoms with E-state index in [1.54, 1.807) is 73.0 Å². The maximum Gasteiger partial charge on any atom is 0.353 e.